The van der Waals surface area contributed by atoms with E-state index < -0.39 is 23.0 Å². The van der Waals surface area contributed by atoms with Gasteiger partial charge in [0.15, 0.2) is 5.75 Å². The Kier molecular flexibility index (Phi) is 4.38. The molecule has 0 bridgehead atoms. The molecule has 4 rings (SSSR count). The van der Waals surface area contributed by atoms with Gasteiger partial charge in [-0.15, -0.1) is 0 Å². The molecule has 9 heteroatoms. The smallest absolute Gasteiger partial charge is 0.294 e. The van der Waals surface area contributed by atoms with Gasteiger partial charge in [-0.2, -0.15) is 0 Å². The predicted molar refractivity (Wildman–Crippen MR) is 99.2 cm³/mol. The molecular formula is C19H17ClFN3O4. The number of aromatic nitrogens is 1. The highest BCUT2D eigenvalue weighted by molar-refractivity contribution is 6.30. The summed E-state index contributed by atoms with van der Waals surface area (Å²) in [5, 5.41) is 10.4. The molecule has 0 saturated carbocycles. The summed E-state index contributed by atoms with van der Waals surface area (Å²) in [5.41, 5.74) is 0.319. The highest BCUT2D eigenvalue weighted by Gasteiger charge is 2.37. The second kappa shape index (κ2) is 6.63. The molecule has 1 aromatic carbocycles. The third-order valence-electron chi connectivity index (χ3n) is 5.24. The lowest BCUT2D eigenvalue weighted by molar-refractivity contribution is 0.0710. The summed E-state index contributed by atoms with van der Waals surface area (Å²) in [5.74, 6) is -2.07. The van der Waals surface area contributed by atoms with Crippen LogP contribution in [0.3, 0.4) is 0 Å². The van der Waals surface area contributed by atoms with Crippen LogP contribution in [0.1, 0.15) is 32.0 Å². The summed E-state index contributed by atoms with van der Waals surface area (Å²) in [4.78, 5) is 41.1. The zero-order chi connectivity index (χ0) is 20.2. The van der Waals surface area contributed by atoms with Gasteiger partial charge in [-0.25, -0.2) is 4.39 Å². The molecule has 0 atom stereocenters. The first-order chi connectivity index (χ1) is 13.3. The van der Waals surface area contributed by atoms with E-state index >= 15 is 0 Å². The number of hydrogen-bond acceptors (Lipinski definition) is 4. The number of halogens is 2. The Hall–Kier alpha value is -2.87. The summed E-state index contributed by atoms with van der Waals surface area (Å²) in [6, 6.07) is 4.17. The van der Waals surface area contributed by atoms with Crippen LogP contribution in [0.5, 0.6) is 5.75 Å². The predicted octanol–water partition coefficient (Wildman–Crippen LogP) is 1.63. The number of amides is 2. The van der Waals surface area contributed by atoms with Crippen molar-refractivity contribution in [2.24, 2.45) is 0 Å². The molecule has 0 spiro atoms. The number of pyridine rings is 1. The lowest BCUT2D eigenvalue weighted by Gasteiger charge is -2.34. The number of hydrogen-bond donors (Lipinski definition) is 1. The number of aromatic hydroxyl groups is 1. The highest BCUT2D eigenvalue weighted by atomic mass is 35.5. The van der Waals surface area contributed by atoms with Crippen LogP contribution in [-0.2, 0) is 19.5 Å². The third kappa shape index (κ3) is 2.75. The van der Waals surface area contributed by atoms with E-state index in [0.717, 1.165) is 0 Å². The van der Waals surface area contributed by atoms with E-state index in [1.165, 1.54) is 32.6 Å². The minimum Gasteiger partial charge on any atom is -0.502 e. The number of likely N-dealkylation sites (N-methyl/N-ethyl adjacent to an activating group) is 1. The lowest BCUT2D eigenvalue weighted by atomic mass is 9.94. The third-order valence-corrected chi connectivity index (χ3v) is 5.53. The summed E-state index contributed by atoms with van der Waals surface area (Å²) in [7, 11) is 1.63. The standard InChI is InChI=1S/C19H17ClFN3O4/c1-22-6-7-24-15(18(22)27)11-4-5-23(17(26)14(11)16(25)19(24)28)9-10-2-3-13(21)12(20)8-10/h2-3,8,25H,4-7,9H2,1H3. The average molecular weight is 406 g/mol. The van der Waals surface area contributed by atoms with E-state index in [9.17, 15) is 23.9 Å². The van der Waals surface area contributed by atoms with Gasteiger partial charge in [0.25, 0.3) is 17.4 Å². The van der Waals surface area contributed by atoms with Crippen molar-refractivity contribution >= 4 is 23.4 Å². The van der Waals surface area contributed by atoms with Crippen molar-refractivity contribution in [3.05, 3.63) is 61.8 Å². The second-order valence-corrected chi connectivity index (χ2v) is 7.37. The molecule has 0 saturated heterocycles. The maximum Gasteiger partial charge on any atom is 0.294 e. The number of carbonyl (C=O) groups excluding carboxylic acids is 2. The zero-order valence-electron chi connectivity index (χ0n) is 15.0. The topological polar surface area (TPSA) is 82.8 Å². The first-order valence-corrected chi connectivity index (χ1v) is 9.14. The fraction of sp³-hybridized carbons (Fsp3) is 0.316. The van der Waals surface area contributed by atoms with Crippen LogP contribution in [0.4, 0.5) is 4.39 Å². The molecule has 3 heterocycles. The van der Waals surface area contributed by atoms with Crippen molar-refractivity contribution in [3.8, 4) is 5.75 Å². The van der Waals surface area contributed by atoms with Gasteiger partial charge in [0.05, 0.1) is 10.6 Å². The Bertz CT molecular complexity index is 1080. The number of benzene rings is 1. The Morgan fingerprint density at radius 2 is 1.89 bits per heavy atom. The first kappa shape index (κ1) is 18.5. The molecule has 1 aromatic heterocycles. The Morgan fingerprint density at radius 3 is 2.61 bits per heavy atom. The maximum atomic E-state index is 13.4. The molecule has 28 heavy (non-hydrogen) atoms. The van der Waals surface area contributed by atoms with Crippen LogP contribution >= 0.6 is 11.6 Å². The SMILES string of the molecule is CN1CCn2c(c3c(c(O)c2=O)C(=O)N(Cc2ccc(F)c(Cl)c2)CC3)C1=O. The number of fused-ring (bicyclic) bond motifs is 3. The fourth-order valence-corrected chi connectivity index (χ4v) is 3.94. The fourth-order valence-electron chi connectivity index (χ4n) is 3.74. The average Bonchev–Trinajstić information content (AvgIpc) is 2.66. The van der Waals surface area contributed by atoms with E-state index in [4.69, 9.17) is 11.6 Å². The second-order valence-electron chi connectivity index (χ2n) is 6.96. The molecule has 2 aliphatic rings. The van der Waals surface area contributed by atoms with Crippen molar-refractivity contribution in [2.45, 2.75) is 19.5 Å². The highest BCUT2D eigenvalue weighted by Crippen LogP contribution is 2.30. The molecular weight excluding hydrogens is 389 g/mol. The van der Waals surface area contributed by atoms with Gasteiger partial charge in [0, 0.05) is 38.8 Å². The lowest BCUT2D eigenvalue weighted by Crippen LogP contribution is -2.46. The molecule has 0 unspecified atom stereocenters. The number of nitrogens with zero attached hydrogens (tertiary/aromatic N) is 3. The van der Waals surface area contributed by atoms with E-state index in [0.29, 0.717) is 30.6 Å². The summed E-state index contributed by atoms with van der Waals surface area (Å²) >= 11 is 5.80. The molecule has 0 fully saturated rings. The van der Waals surface area contributed by atoms with Crippen molar-refractivity contribution in [2.75, 3.05) is 20.1 Å². The minimum absolute atomic E-state index is 0.0499. The first-order valence-electron chi connectivity index (χ1n) is 8.77. The van der Waals surface area contributed by atoms with Crippen LogP contribution in [0.15, 0.2) is 23.0 Å². The van der Waals surface area contributed by atoms with Crippen LogP contribution < -0.4 is 5.56 Å². The number of rotatable bonds is 2. The van der Waals surface area contributed by atoms with E-state index in [1.807, 2.05) is 0 Å². The van der Waals surface area contributed by atoms with Gasteiger partial charge in [0.2, 0.25) is 0 Å². The van der Waals surface area contributed by atoms with Crippen molar-refractivity contribution in [1.29, 1.82) is 0 Å². The molecule has 2 aliphatic heterocycles. The van der Waals surface area contributed by atoms with Crippen molar-refractivity contribution < 1.29 is 19.1 Å². The largest absolute Gasteiger partial charge is 0.502 e. The molecule has 7 nitrogen and oxygen atoms in total. The van der Waals surface area contributed by atoms with Crippen LogP contribution in [0.2, 0.25) is 5.02 Å². The quantitative estimate of drug-likeness (QED) is 0.823. The Labute approximate surface area is 164 Å². The summed E-state index contributed by atoms with van der Waals surface area (Å²) < 4.78 is 14.6. The van der Waals surface area contributed by atoms with Gasteiger partial charge in [-0.1, -0.05) is 17.7 Å². The normalized spacial score (nSPS) is 16.2. The molecule has 2 amide bonds. The van der Waals surface area contributed by atoms with Crippen LogP contribution in [-0.4, -0.2) is 51.4 Å². The number of carbonyl (C=O) groups is 2. The van der Waals surface area contributed by atoms with Gasteiger partial charge in [0.1, 0.15) is 11.5 Å². The Balaban J connectivity index is 1.76. The monoisotopic (exact) mass is 405 g/mol. The van der Waals surface area contributed by atoms with Gasteiger partial charge in [-0.3, -0.25) is 19.0 Å². The van der Waals surface area contributed by atoms with Gasteiger partial charge >= 0.3 is 0 Å². The van der Waals surface area contributed by atoms with Crippen molar-refractivity contribution in [1.82, 2.24) is 14.4 Å². The van der Waals surface area contributed by atoms with Gasteiger partial charge < -0.3 is 14.9 Å². The van der Waals surface area contributed by atoms with Crippen LogP contribution in [0.25, 0.3) is 0 Å². The zero-order valence-corrected chi connectivity index (χ0v) is 15.8. The van der Waals surface area contributed by atoms with E-state index in [1.54, 1.807) is 7.05 Å². The summed E-state index contributed by atoms with van der Waals surface area (Å²) in [6.45, 7) is 1.06. The Morgan fingerprint density at radius 1 is 1.14 bits per heavy atom. The van der Waals surface area contributed by atoms with Crippen LogP contribution in [0, 0.1) is 5.82 Å². The summed E-state index contributed by atoms with van der Waals surface area (Å²) in [6.07, 6.45) is 0.318. The molecule has 0 aliphatic carbocycles. The molecule has 0 radical (unpaired) electrons. The van der Waals surface area contributed by atoms with E-state index in [2.05, 4.69) is 0 Å². The van der Waals surface area contributed by atoms with Gasteiger partial charge in [-0.05, 0) is 24.1 Å². The molecule has 1 N–H and O–H groups in total. The molecule has 146 valence electrons. The maximum absolute atomic E-state index is 13.4. The van der Waals surface area contributed by atoms with E-state index in [-0.39, 0.29) is 35.3 Å². The minimum atomic E-state index is -0.741. The van der Waals surface area contributed by atoms with Crippen molar-refractivity contribution in [3.63, 3.8) is 0 Å². The molecule has 2 aromatic rings.